The van der Waals surface area contributed by atoms with Crippen molar-refractivity contribution < 1.29 is 5.11 Å². The summed E-state index contributed by atoms with van der Waals surface area (Å²) >= 11 is 7.37. The van der Waals surface area contributed by atoms with Crippen molar-refractivity contribution in [3.8, 4) is 0 Å². The molecule has 0 saturated carbocycles. The third-order valence-electron chi connectivity index (χ3n) is 1.60. The van der Waals surface area contributed by atoms with Crippen molar-refractivity contribution in [2.45, 2.75) is 46.3 Å². The minimum Gasteiger partial charge on any atom is -0.400 e. The van der Waals surface area contributed by atoms with Crippen molar-refractivity contribution in [3.63, 3.8) is 0 Å². The Bertz CT molecular complexity index is 376. The number of nitrogens with zero attached hydrogens (tertiary/aromatic N) is 2. The molecule has 110 valence electrons. The normalized spacial score (nSPS) is 10.9. The first-order valence-electron chi connectivity index (χ1n) is 6.18. The van der Waals surface area contributed by atoms with Gasteiger partial charge in [-0.15, -0.1) is 0 Å². The molecule has 1 aromatic rings. The highest BCUT2D eigenvalue weighted by atomic mass is 35.5. The summed E-state index contributed by atoms with van der Waals surface area (Å²) in [5.41, 5.74) is 1.99. The molecule has 0 atom stereocenters. The molecule has 0 fully saturated rings. The number of aliphatic hydroxyl groups excluding tert-OH is 1. The lowest BCUT2D eigenvalue weighted by molar-refractivity contribution is 0.399. The molecule has 19 heavy (non-hydrogen) atoms. The first-order chi connectivity index (χ1) is 8.88. The van der Waals surface area contributed by atoms with Crippen LogP contribution in [-0.2, 0) is 0 Å². The van der Waals surface area contributed by atoms with Crippen molar-refractivity contribution in [3.05, 3.63) is 29.0 Å². The zero-order chi connectivity index (χ0) is 15.5. The number of pyridine rings is 1. The van der Waals surface area contributed by atoms with Crippen molar-refractivity contribution in [2.75, 3.05) is 7.11 Å². The fourth-order valence-corrected chi connectivity index (χ4v) is 1.58. The van der Waals surface area contributed by atoms with Crippen molar-refractivity contribution >= 4 is 29.3 Å². The Morgan fingerprint density at radius 1 is 1.32 bits per heavy atom. The minimum absolute atomic E-state index is 0.137. The number of aliphatic hydroxyl groups is 1. The lowest BCUT2D eigenvalue weighted by atomic mass is 10.2. The average molecular weight is 305 g/mol. The van der Waals surface area contributed by atoms with Crippen molar-refractivity contribution in [1.29, 1.82) is 0 Å². The number of hydrogen-bond acceptors (Lipinski definition) is 4. The maximum absolute atomic E-state index is 7.00. The summed E-state index contributed by atoms with van der Waals surface area (Å²) in [6.07, 6.45) is 1.69. The Morgan fingerprint density at radius 3 is 2.26 bits per heavy atom. The van der Waals surface area contributed by atoms with Crippen LogP contribution in [0.25, 0.3) is 0 Å². The molecule has 0 aliphatic carbocycles. The summed E-state index contributed by atoms with van der Waals surface area (Å²) in [6, 6.07) is 3.73. The summed E-state index contributed by atoms with van der Waals surface area (Å²) in [5.74, 6) is 0. The van der Waals surface area contributed by atoms with E-state index in [0.717, 1.165) is 18.4 Å². The van der Waals surface area contributed by atoms with Crippen LogP contribution in [0.4, 0.5) is 0 Å². The van der Waals surface area contributed by atoms with E-state index in [4.69, 9.17) is 16.7 Å². The Balaban J connectivity index is 0. The van der Waals surface area contributed by atoms with Crippen LogP contribution in [0.15, 0.2) is 22.7 Å². The van der Waals surface area contributed by atoms with E-state index in [1.807, 2.05) is 32.9 Å². The second kappa shape index (κ2) is 11.3. The summed E-state index contributed by atoms with van der Waals surface area (Å²) in [7, 11) is 1.00. The smallest absolute Gasteiger partial charge is 0.129 e. The largest absolute Gasteiger partial charge is 0.400 e. The molecular formula is C14H25ClN2OS. The Hall–Kier alpha value is -0.580. The second-order valence-electron chi connectivity index (χ2n) is 4.25. The van der Waals surface area contributed by atoms with Crippen molar-refractivity contribution in [2.24, 2.45) is 4.40 Å². The van der Waals surface area contributed by atoms with E-state index in [9.17, 15) is 0 Å². The molecule has 0 aliphatic rings. The van der Waals surface area contributed by atoms with Gasteiger partial charge in [0.2, 0.25) is 0 Å². The van der Waals surface area contributed by atoms with Gasteiger partial charge in [0.15, 0.2) is 0 Å². The van der Waals surface area contributed by atoms with Gasteiger partial charge in [0.05, 0.1) is 5.71 Å². The van der Waals surface area contributed by atoms with Gasteiger partial charge in [0.25, 0.3) is 0 Å². The standard InChI is InChI=1S/C11H15ClN2S.C2H6.CH4O/c1-8(14-15-11(2,3)4)9-5-6-13-10(12)7-9;2*1-2/h5-7H,1-4H3;1-2H3;2H,1H3/b14-8+;;. The first-order valence-corrected chi connectivity index (χ1v) is 7.33. The molecular weight excluding hydrogens is 280 g/mol. The molecule has 1 aromatic heterocycles. The Kier molecular flexibility index (Phi) is 12.3. The summed E-state index contributed by atoms with van der Waals surface area (Å²) < 4.78 is 4.59. The lowest BCUT2D eigenvalue weighted by Crippen LogP contribution is -2.06. The zero-order valence-corrected chi connectivity index (χ0v) is 14.4. The fourth-order valence-electron chi connectivity index (χ4n) is 0.886. The van der Waals surface area contributed by atoms with E-state index in [2.05, 4.69) is 30.2 Å². The van der Waals surface area contributed by atoms with Crippen LogP contribution in [0.1, 0.15) is 47.1 Å². The van der Waals surface area contributed by atoms with Gasteiger partial charge < -0.3 is 5.11 Å². The highest BCUT2D eigenvalue weighted by Gasteiger charge is 2.10. The number of rotatable bonds is 2. The van der Waals surface area contributed by atoms with Crippen LogP contribution in [-0.4, -0.2) is 27.7 Å². The van der Waals surface area contributed by atoms with Crippen LogP contribution in [0.2, 0.25) is 5.15 Å². The molecule has 0 saturated heterocycles. The molecule has 0 unspecified atom stereocenters. The molecule has 0 aromatic carbocycles. The molecule has 0 aliphatic heterocycles. The van der Waals surface area contributed by atoms with Gasteiger partial charge >= 0.3 is 0 Å². The van der Waals surface area contributed by atoms with E-state index >= 15 is 0 Å². The molecule has 3 nitrogen and oxygen atoms in total. The SMILES string of the molecule is C/C(=N\SC(C)(C)C)c1ccnc(Cl)c1.CC.CO. The van der Waals surface area contributed by atoms with Crippen LogP contribution < -0.4 is 0 Å². The number of halogens is 1. The number of aromatic nitrogens is 1. The summed E-state index contributed by atoms with van der Waals surface area (Å²) in [6.45, 7) is 12.4. The topological polar surface area (TPSA) is 45.5 Å². The van der Waals surface area contributed by atoms with E-state index < -0.39 is 0 Å². The third-order valence-corrected chi connectivity index (χ3v) is 2.72. The van der Waals surface area contributed by atoms with Gasteiger partial charge in [-0.25, -0.2) is 9.38 Å². The molecule has 5 heteroatoms. The predicted octanol–water partition coefficient (Wildman–Crippen LogP) is 4.63. The molecule has 0 spiro atoms. The van der Waals surface area contributed by atoms with Crippen LogP contribution in [0, 0.1) is 0 Å². The summed E-state index contributed by atoms with van der Waals surface area (Å²) in [5, 5.41) is 7.50. The molecule has 0 bridgehead atoms. The first kappa shape index (κ1) is 20.7. The molecule has 1 heterocycles. The highest BCUT2D eigenvalue weighted by molar-refractivity contribution is 7.99. The zero-order valence-electron chi connectivity index (χ0n) is 12.9. The van der Waals surface area contributed by atoms with Crippen molar-refractivity contribution in [1.82, 2.24) is 4.98 Å². The van der Waals surface area contributed by atoms with E-state index in [1.165, 1.54) is 0 Å². The van der Waals surface area contributed by atoms with Crippen LogP contribution >= 0.6 is 23.5 Å². The van der Waals surface area contributed by atoms with Gasteiger partial charge in [0.1, 0.15) is 5.15 Å². The minimum atomic E-state index is 0.137. The van der Waals surface area contributed by atoms with Gasteiger partial charge in [-0.3, -0.25) is 0 Å². The predicted molar refractivity (Wildman–Crippen MR) is 88.3 cm³/mol. The third kappa shape index (κ3) is 11.0. The van der Waals surface area contributed by atoms with Crippen LogP contribution in [0.5, 0.6) is 0 Å². The second-order valence-corrected chi connectivity index (χ2v) is 6.22. The monoisotopic (exact) mass is 304 g/mol. The molecule has 0 amide bonds. The average Bonchev–Trinajstić information content (AvgIpc) is 2.40. The van der Waals surface area contributed by atoms with E-state index in [0.29, 0.717) is 5.15 Å². The molecule has 1 rings (SSSR count). The van der Waals surface area contributed by atoms with E-state index in [-0.39, 0.29) is 4.75 Å². The molecule has 0 radical (unpaired) electrons. The quantitative estimate of drug-likeness (QED) is 0.492. The van der Waals surface area contributed by atoms with Gasteiger partial charge in [-0.1, -0.05) is 25.4 Å². The van der Waals surface area contributed by atoms with Gasteiger partial charge in [0, 0.05) is 23.6 Å². The van der Waals surface area contributed by atoms with Crippen LogP contribution in [0.3, 0.4) is 0 Å². The van der Waals surface area contributed by atoms with Gasteiger partial charge in [-0.2, -0.15) is 0 Å². The number of hydrogen-bond donors (Lipinski definition) is 1. The maximum atomic E-state index is 7.00. The maximum Gasteiger partial charge on any atom is 0.129 e. The molecule has 1 N–H and O–H groups in total. The Labute approximate surface area is 126 Å². The lowest BCUT2D eigenvalue weighted by Gasteiger charge is -2.13. The van der Waals surface area contributed by atoms with Gasteiger partial charge in [-0.05, 0) is 51.8 Å². The highest BCUT2D eigenvalue weighted by Crippen LogP contribution is 2.25. The fraction of sp³-hybridized carbons (Fsp3) is 0.571. The summed E-state index contributed by atoms with van der Waals surface area (Å²) in [4.78, 5) is 3.93. The van der Waals surface area contributed by atoms with E-state index in [1.54, 1.807) is 18.1 Å². The Morgan fingerprint density at radius 2 is 1.84 bits per heavy atom.